The van der Waals surface area contributed by atoms with Gasteiger partial charge in [0.1, 0.15) is 5.60 Å². The van der Waals surface area contributed by atoms with Crippen molar-refractivity contribution in [2.45, 2.75) is 37.7 Å². The summed E-state index contributed by atoms with van der Waals surface area (Å²) in [6, 6.07) is 22.4. The standard InChI is InChI=1S/C26H26ClNO3/c1-18(23-8-4-6-20-5-2-3-7-24(20)23)19-13-15-26(16-14-19)17-29-25(30-31-26)28-22-11-9-21(27)10-12-22/h2-12,19,25,28H,1,13-17H2. The maximum Gasteiger partial charge on any atom is 0.268 e. The first kappa shape index (κ1) is 20.5. The van der Waals surface area contributed by atoms with E-state index in [2.05, 4.69) is 54.4 Å². The summed E-state index contributed by atoms with van der Waals surface area (Å²) >= 11 is 5.93. The van der Waals surface area contributed by atoms with E-state index in [-0.39, 0.29) is 5.60 Å². The van der Waals surface area contributed by atoms with Crippen molar-refractivity contribution in [2.24, 2.45) is 5.92 Å². The highest BCUT2D eigenvalue weighted by atomic mass is 35.5. The van der Waals surface area contributed by atoms with E-state index < -0.39 is 6.41 Å². The van der Waals surface area contributed by atoms with E-state index in [0.717, 1.165) is 31.4 Å². The maximum absolute atomic E-state index is 5.93. The van der Waals surface area contributed by atoms with Crippen molar-refractivity contribution in [2.75, 3.05) is 11.9 Å². The zero-order valence-corrected chi connectivity index (χ0v) is 18.1. The lowest BCUT2D eigenvalue weighted by atomic mass is 9.74. The Morgan fingerprint density at radius 1 is 0.968 bits per heavy atom. The average Bonchev–Trinajstić information content (AvgIpc) is 2.82. The number of allylic oxidation sites excluding steroid dienone is 1. The topological polar surface area (TPSA) is 39.7 Å². The second-order valence-corrected chi connectivity index (χ2v) is 8.92. The predicted octanol–water partition coefficient (Wildman–Crippen LogP) is 6.81. The van der Waals surface area contributed by atoms with Crippen LogP contribution in [0.4, 0.5) is 5.69 Å². The second kappa shape index (κ2) is 8.64. The van der Waals surface area contributed by atoms with Gasteiger partial charge in [-0.2, -0.15) is 4.89 Å². The summed E-state index contributed by atoms with van der Waals surface area (Å²) in [5, 5.41) is 6.37. The van der Waals surface area contributed by atoms with E-state index in [0.29, 0.717) is 17.5 Å². The van der Waals surface area contributed by atoms with Gasteiger partial charge in [-0.1, -0.05) is 60.6 Å². The molecule has 1 atom stereocenters. The Morgan fingerprint density at radius 3 is 2.45 bits per heavy atom. The molecule has 0 radical (unpaired) electrons. The molecule has 5 rings (SSSR count). The highest BCUT2D eigenvalue weighted by Gasteiger charge is 2.43. The number of halogens is 1. The third-order valence-corrected chi connectivity index (χ3v) is 6.72. The molecule has 1 N–H and O–H groups in total. The molecule has 2 fully saturated rings. The number of fused-ring (bicyclic) bond motifs is 1. The SMILES string of the molecule is C=C(c1cccc2ccccc12)C1CCC2(CC1)COC(Nc1ccc(Cl)cc1)OO2. The molecule has 1 saturated heterocycles. The van der Waals surface area contributed by atoms with Crippen LogP contribution in [-0.2, 0) is 14.5 Å². The molecule has 2 aliphatic rings. The van der Waals surface area contributed by atoms with Crippen LogP contribution in [0.15, 0.2) is 73.3 Å². The predicted molar refractivity (Wildman–Crippen MR) is 125 cm³/mol. The van der Waals surface area contributed by atoms with Crippen LogP contribution in [-0.4, -0.2) is 18.6 Å². The van der Waals surface area contributed by atoms with Crippen LogP contribution in [0.1, 0.15) is 31.2 Å². The Hall–Kier alpha value is -2.37. The first-order valence-corrected chi connectivity index (χ1v) is 11.1. The van der Waals surface area contributed by atoms with Gasteiger partial charge in [-0.25, -0.2) is 4.89 Å². The van der Waals surface area contributed by atoms with Crippen molar-refractivity contribution in [3.63, 3.8) is 0 Å². The third kappa shape index (κ3) is 4.35. The highest BCUT2D eigenvalue weighted by Crippen LogP contribution is 2.43. The van der Waals surface area contributed by atoms with Crippen molar-refractivity contribution < 1.29 is 14.5 Å². The Labute approximate surface area is 187 Å². The second-order valence-electron chi connectivity index (χ2n) is 8.48. The number of hydrogen-bond donors (Lipinski definition) is 1. The van der Waals surface area contributed by atoms with Crippen molar-refractivity contribution in [3.05, 3.63) is 83.9 Å². The summed E-state index contributed by atoms with van der Waals surface area (Å²) in [5.74, 6) is 0.435. The number of rotatable bonds is 4. The number of hydrogen-bond acceptors (Lipinski definition) is 4. The van der Waals surface area contributed by atoms with Gasteiger partial charge in [0, 0.05) is 10.7 Å². The molecule has 1 aliphatic carbocycles. The van der Waals surface area contributed by atoms with Crippen LogP contribution < -0.4 is 5.32 Å². The van der Waals surface area contributed by atoms with Gasteiger partial charge >= 0.3 is 0 Å². The molecule has 1 aliphatic heterocycles. The summed E-state index contributed by atoms with van der Waals surface area (Å²) < 4.78 is 5.93. The summed E-state index contributed by atoms with van der Waals surface area (Å²) in [5.41, 5.74) is 2.95. The minimum Gasteiger partial charge on any atom is -0.335 e. The average molecular weight is 436 g/mol. The molecule has 1 unspecified atom stereocenters. The molecule has 5 heteroatoms. The Kier molecular flexibility index (Phi) is 5.72. The highest BCUT2D eigenvalue weighted by molar-refractivity contribution is 6.30. The fourth-order valence-corrected chi connectivity index (χ4v) is 4.74. The van der Waals surface area contributed by atoms with E-state index >= 15 is 0 Å². The molecule has 0 aromatic heterocycles. The van der Waals surface area contributed by atoms with Crippen molar-refractivity contribution >= 4 is 33.6 Å². The number of anilines is 1. The third-order valence-electron chi connectivity index (χ3n) is 6.46. The zero-order valence-electron chi connectivity index (χ0n) is 17.4. The molecular weight excluding hydrogens is 410 g/mol. The van der Waals surface area contributed by atoms with E-state index in [1.807, 2.05) is 24.3 Å². The summed E-state index contributed by atoms with van der Waals surface area (Å²) in [6.45, 7) is 4.98. The molecule has 31 heavy (non-hydrogen) atoms. The smallest absolute Gasteiger partial charge is 0.268 e. The molecule has 160 valence electrons. The lowest BCUT2D eigenvalue weighted by Gasteiger charge is -2.43. The first-order chi connectivity index (χ1) is 15.1. The van der Waals surface area contributed by atoms with Gasteiger partial charge in [-0.3, -0.25) is 0 Å². The number of ether oxygens (including phenoxy) is 1. The number of benzene rings is 3. The van der Waals surface area contributed by atoms with Crippen LogP contribution in [0, 0.1) is 5.92 Å². The van der Waals surface area contributed by atoms with Crippen molar-refractivity contribution in [3.8, 4) is 0 Å². The fraction of sp³-hybridized carbons (Fsp3) is 0.308. The van der Waals surface area contributed by atoms with Gasteiger partial charge in [0.25, 0.3) is 6.41 Å². The minimum absolute atomic E-state index is 0.381. The lowest BCUT2D eigenvalue weighted by Crippen LogP contribution is -2.49. The van der Waals surface area contributed by atoms with Gasteiger partial charge < -0.3 is 10.1 Å². The summed E-state index contributed by atoms with van der Waals surface area (Å²) in [6.07, 6.45) is 3.15. The molecule has 3 aromatic rings. The van der Waals surface area contributed by atoms with Gasteiger partial charge in [-0.15, -0.1) is 0 Å². The van der Waals surface area contributed by atoms with Crippen LogP contribution in [0.2, 0.25) is 5.02 Å². The quantitative estimate of drug-likeness (QED) is 0.457. The van der Waals surface area contributed by atoms with E-state index in [1.54, 1.807) is 0 Å². The zero-order chi connectivity index (χ0) is 21.3. The molecule has 1 spiro atoms. The Balaban J connectivity index is 1.19. The lowest BCUT2D eigenvalue weighted by molar-refractivity contribution is -0.468. The minimum atomic E-state index is -0.629. The van der Waals surface area contributed by atoms with E-state index in [9.17, 15) is 0 Å². The van der Waals surface area contributed by atoms with Crippen LogP contribution in [0.5, 0.6) is 0 Å². The fourth-order valence-electron chi connectivity index (χ4n) is 4.62. The van der Waals surface area contributed by atoms with Crippen LogP contribution >= 0.6 is 11.6 Å². The monoisotopic (exact) mass is 435 g/mol. The Morgan fingerprint density at radius 2 is 1.71 bits per heavy atom. The van der Waals surface area contributed by atoms with Gasteiger partial charge in [0.2, 0.25) is 0 Å². The van der Waals surface area contributed by atoms with Gasteiger partial charge in [0.05, 0.1) is 6.61 Å². The molecule has 1 heterocycles. The molecule has 0 bridgehead atoms. The van der Waals surface area contributed by atoms with Gasteiger partial charge in [0.15, 0.2) is 0 Å². The molecule has 1 saturated carbocycles. The van der Waals surface area contributed by atoms with Crippen LogP contribution in [0.3, 0.4) is 0 Å². The van der Waals surface area contributed by atoms with Crippen molar-refractivity contribution in [1.29, 1.82) is 0 Å². The van der Waals surface area contributed by atoms with Gasteiger partial charge in [-0.05, 0) is 77.8 Å². The van der Waals surface area contributed by atoms with E-state index in [4.69, 9.17) is 26.1 Å². The van der Waals surface area contributed by atoms with E-state index in [1.165, 1.54) is 21.9 Å². The molecular formula is C26H26ClNO3. The molecule has 4 nitrogen and oxygen atoms in total. The largest absolute Gasteiger partial charge is 0.335 e. The molecule has 0 amide bonds. The van der Waals surface area contributed by atoms with Crippen LogP contribution in [0.25, 0.3) is 16.3 Å². The number of nitrogens with one attached hydrogen (secondary N) is 1. The summed E-state index contributed by atoms with van der Waals surface area (Å²) in [7, 11) is 0. The maximum atomic E-state index is 5.93. The van der Waals surface area contributed by atoms with Crippen molar-refractivity contribution in [1.82, 2.24) is 0 Å². The molecule has 3 aromatic carbocycles. The normalized spacial score (nSPS) is 26.1. The first-order valence-electron chi connectivity index (χ1n) is 10.8. The Bertz CT molecular complexity index is 1060. The summed E-state index contributed by atoms with van der Waals surface area (Å²) in [4.78, 5) is 11.4.